The van der Waals surface area contributed by atoms with E-state index < -0.39 is 0 Å². The highest BCUT2D eigenvalue weighted by molar-refractivity contribution is 5.74. The van der Waals surface area contributed by atoms with Gasteiger partial charge in [-0.3, -0.25) is 0 Å². The zero-order valence-electron chi connectivity index (χ0n) is 13.3. The minimum absolute atomic E-state index is 0.0589. The van der Waals surface area contributed by atoms with Crippen molar-refractivity contribution >= 4 is 6.03 Å². The van der Waals surface area contributed by atoms with Crippen LogP contribution in [-0.2, 0) is 0 Å². The van der Waals surface area contributed by atoms with E-state index in [1.165, 1.54) is 25.8 Å². The molecule has 0 radical (unpaired) electrons. The van der Waals surface area contributed by atoms with Gasteiger partial charge in [0.25, 0.3) is 0 Å². The van der Waals surface area contributed by atoms with Crippen LogP contribution in [0.4, 0.5) is 4.79 Å². The second kappa shape index (κ2) is 8.59. The number of carbonyl (C=O) groups is 1. The van der Waals surface area contributed by atoms with E-state index in [0.29, 0.717) is 5.92 Å². The molecule has 3 N–H and O–H groups in total. The number of nitrogens with zero attached hydrogens (tertiary/aromatic N) is 1. The third kappa shape index (κ3) is 5.15. The molecule has 1 heterocycles. The summed E-state index contributed by atoms with van der Waals surface area (Å²) in [6.45, 7) is 6.71. The Kier molecular flexibility index (Phi) is 6.77. The molecule has 1 saturated heterocycles. The predicted molar refractivity (Wildman–Crippen MR) is 84.2 cm³/mol. The molecular weight excluding hydrogens is 266 g/mol. The summed E-state index contributed by atoms with van der Waals surface area (Å²) in [4.78, 5) is 14.5. The van der Waals surface area contributed by atoms with Crippen molar-refractivity contribution < 1.29 is 9.90 Å². The highest BCUT2D eigenvalue weighted by Crippen LogP contribution is 2.24. The highest BCUT2D eigenvalue weighted by atomic mass is 16.3. The first-order valence-electron chi connectivity index (χ1n) is 8.60. The van der Waals surface area contributed by atoms with E-state index in [1.54, 1.807) is 0 Å². The van der Waals surface area contributed by atoms with Gasteiger partial charge < -0.3 is 20.6 Å². The van der Waals surface area contributed by atoms with E-state index in [4.69, 9.17) is 0 Å². The van der Waals surface area contributed by atoms with Crippen LogP contribution in [0.5, 0.6) is 0 Å². The lowest BCUT2D eigenvalue weighted by molar-refractivity contribution is 0.179. The molecule has 21 heavy (non-hydrogen) atoms. The van der Waals surface area contributed by atoms with E-state index in [1.807, 2.05) is 0 Å². The van der Waals surface area contributed by atoms with E-state index >= 15 is 0 Å². The van der Waals surface area contributed by atoms with Crippen LogP contribution in [0, 0.1) is 11.8 Å². The predicted octanol–water partition coefficient (Wildman–Crippen LogP) is 1.57. The Labute approximate surface area is 128 Å². The van der Waals surface area contributed by atoms with Crippen LogP contribution in [-0.4, -0.2) is 54.9 Å². The summed E-state index contributed by atoms with van der Waals surface area (Å²) in [7, 11) is 0. The molecule has 5 nitrogen and oxygen atoms in total. The Bertz CT molecular complexity index is 317. The molecule has 1 aliphatic heterocycles. The van der Waals surface area contributed by atoms with Crippen LogP contribution in [0.2, 0.25) is 0 Å². The number of aliphatic hydroxyl groups excluding tert-OH is 1. The average molecular weight is 297 g/mol. The van der Waals surface area contributed by atoms with Gasteiger partial charge in [-0.1, -0.05) is 13.3 Å². The summed E-state index contributed by atoms with van der Waals surface area (Å²) in [6, 6.07) is 0.0951. The van der Waals surface area contributed by atoms with Crippen molar-refractivity contribution in [2.45, 2.75) is 51.5 Å². The molecule has 2 amide bonds. The standard InChI is InChI=1S/C16H31N3O2/c1-2-8-19-9-6-13(7-10-19)11-17-16(21)18-15-5-3-4-14(15)12-20/h13-15,20H,2-12H2,1H3,(H2,17,18,21)/t14-,15-/m0/s1. The van der Waals surface area contributed by atoms with Gasteiger partial charge in [-0.2, -0.15) is 0 Å². The van der Waals surface area contributed by atoms with Crippen molar-refractivity contribution in [2.24, 2.45) is 11.8 Å². The molecule has 0 aromatic carbocycles. The summed E-state index contributed by atoms with van der Waals surface area (Å²) in [5.41, 5.74) is 0. The van der Waals surface area contributed by atoms with Gasteiger partial charge in [0.1, 0.15) is 0 Å². The molecule has 2 atom stereocenters. The molecule has 1 saturated carbocycles. The lowest BCUT2D eigenvalue weighted by atomic mass is 9.97. The average Bonchev–Trinajstić information content (AvgIpc) is 2.94. The van der Waals surface area contributed by atoms with Crippen molar-refractivity contribution in [1.29, 1.82) is 0 Å². The van der Waals surface area contributed by atoms with Crippen LogP contribution < -0.4 is 10.6 Å². The number of urea groups is 1. The zero-order valence-corrected chi connectivity index (χ0v) is 13.3. The van der Waals surface area contributed by atoms with Crippen LogP contribution in [0.3, 0.4) is 0 Å². The monoisotopic (exact) mass is 297 g/mol. The van der Waals surface area contributed by atoms with Crippen LogP contribution >= 0.6 is 0 Å². The van der Waals surface area contributed by atoms with Gasteiger partial charge in [-0.25, -0.2) is 4.79 Å². The minimum Gasteiger partial charge on any atom is -0.396 e. The molecule has 0 bridgehead atoms. The Hall–Kier alpha value is -0.810. The van der Waals surface area contributed by atoms with Crippen molar-refractivity contribution in [3.8, 4) is 0 Å². The summed E-state index contributed by atoms with van der Waals surface area (Å²) in [5.74, 6) is 0.856. The molecule has 0 spiro atoms. The number of amides is 2. The van der Waals surface area contributed by atoms with Crippen molar-refractivity contribution in [3.63, 3.8) is 0 Å². The fourth-order valence-corrected chi connectivity index (χ4v) is 3.63. The number of hydrogen-bond donors (Lipinski definition) is 3. The van der Waals surface area contributed by atoms with Crippen molar-refractivity contribution in [1.82, 2.24) is 15.5 Å². The lowest BCUT2D eigenvalue weighted by Crippen LogP contribution is -2.46. The minimum atomic E-state index is -0.0589. The Morgan fingerprint density at radius 2 is 2.00 bits per heavy atom. The number of rotatable bonds is 6. The maximum Gasteiger partial charge on any atom is 0.315 e. The molecular formula is C16H31N3O2. The van der Waals surface area contributed by atoms with Crippen LogP contribution in [0.25, 0.3) is 0 Å². The molecule has 0 aromatic rings. The number of piperidine rings is 1. The SMILES string of the molecule is CCCN1CCC(CNC(=O)N[C@H]2CCC[C@H]2CO)CC1. The molecule has 0 aromatic heterocycles. The molecule has 1 aliphatic carbocycles. The maximum atomic E-state index is 12.0. The second-order valence-corrected chi connectivity index (χ2v) is 6.62. The van der Waals surface area contributed by atoms with Gasteiger partial charge >= 0.3 is 6.03 Å². The lowest BCUT2D eigenvalue weighted by Gasteiger charge is -2.31. The quantitative estimate of drug-likeness (QED) is 0.697. The molecule has 2 aliphatic rings. The number of likely N-dealkylation sites (tertiary alicyclic amines) is 1. The third-order valence-electron chi connectivity index (χ3n) is 5.01. The van der Waals surface area contributed by atoms with E-state index in [0.717, 1.165) is 38.9 Å². The number of aliphatic hydroxyl groups is 1. The summed E-state index contributed by atoms with van der Waals surface area (Å²) in [5, 5.41) is 15.3. The van der Waals surface area contributed by atoms with Gasteiger partial charge in [0.2, 0.25) is 0 Å². The largest absolute Gasteiger partial charge is 0.396 e. The molecule has 5 heteroatoms. The zero-order chi connectivity index (χ0) is 15.1. The van der Waals surface area contributed by atoms with Gasteiger partial charge in [0.05, 0.1) is 0 Å². The van der Waals surface area contributed by atoms with Gasteiger partial charge in [0.15, 0.2) is 0 Å². The first kappa shape index (κ1) is 16.6. The summed E-state index contributed by atoms with van der Waals surface area (Å²) >= 11 is 0. The topological polar surface area (TPSA) is 64.6 Å². The third-order valence-corrected chi connectivity index (χ3v) is 5.01. The maximum absolute atomic E-state index is 12.0. The van der Waals surface area contributed by atoms with E-state index in [9.17, 15) is 9.90 Å². The summed E-state index contributed by atoms with van der Waals surface area (Å²) < 4.78 is 0. The smallest absolute Gasteiger partial charge is 0.315 e. The molecule has 0 unspecified atom stereocenters. The summed E-state index contributed by atoms with van der Waals surface area (Å²) in [6.07, 6.45) is 6.71. The van der Waals surface area contributed by atoms with Crippen LogP contribution in [0.15, 0.2) is 0 Å². The van der Waals surface area contributed by atoms with Crippen molar-refractivity contribution in [2.75, 3.05) is 32.8 Å². The van der Waals surface area contributed by atoms with Gasteiger partial charge in [0, 0.05) is 25.1 Å². The Balaban J connectivity index is 1.61. The first-order chi connectivity index (χ1) is 10.2. The number of hydrogen-bond acceptors (Lipinski definition) is 3. The number of carbonyl (C=O) groups excluding carboxylic acids is 1. The van der Waals surface area contributed by atoms with Crippen LogP contribution in [0.1, 0.15) is 45.4 Å². The van der Waals surface area contributed by atoms with Gasteiger partial charge in [-0.15, -0.1) is 0 Å². The second-order valence-electron chi connectivity index (χ2n) is 6.62. The normalized spacial score (nSPS) is 27.7. The number of nitrogens with one attached hydrogen (secondary N) is 2. The Morgan fingerprint density at radius 1 is 1.24 bits per heavy atom. The highest BCUT2D eigenvalue weighted by Gasteiger charge is 2.28. The molecule has 122 valence electrons. The molecule has 2 rings (SSSR count). The Morgan fingerprint density at radius 3 is 2.67 bits per heavy atom. The van der Waals surface area contributed by atoms with Gasteiger partial charge in [-0.05, 0) is 57.7 Å². The fraction of sp³-hybridized carbons (Fsp3) is 0.938. The molecule has 2 fully saturated rings. The fourth-order valence-electron chi connectivity index (χ4n) is 3.63. The van der Waals surface area contributed by atoms with Crippen molar-refractivity contribution in [3.05, 3.63) is 0 Å². The first-order valence-corrected chi connectivity index (χ1v) is 8.60. The van der Waals surface area contributed by atoms with E-state index in [-0.39, 0.29) is 24.6 Å². The van der Waals surface area contributed by atoms with E-state index in [2.05, 4.69) is 22.5 Å².